The van der Waals surface area contributed by atoms with E-state index in [0.29, 0.717) is 18.7 Å². The maximum Gasteiger partial charge on any atom is 0.335 e. The molecule has 0 amide bonds. The molecule has 1 heterocycles. The fourth-order valence-corrected chi connectivity index (χ4v) is 2.56. The molecule has 0 spiro atoms. The van der Waals surface area contributed by atoms with Gasteiger partial charge in [-0.3, -0.25) is 0 Å². The fourth-order valence-electron chi connectivity index (χ4n) is 2.56. The van der Waals surface area contributed by atoms with Crippen LogP contribution in [-0.4, -0.2) is 17.7 Å². The summed E-state index contributed by atoms with van der Waals surface area (Å²) in [5.74, 6) is 0.0512. The van der Waals surface area contributed by atoms with Gasteiger partial charge in [0.15, 0.2) is 0 Å². The van der Waals surface area contributed by atoms with Crippen LogP contribution in [0.2, 0.25) is 0 Å². The van der Waals surface area contributed by atoms with E-state index in [1.165, 1.54) is 5.56 Å². The summed E-state index contributed by atoms with van der Waals surface area (Å²) in [6.45, 7) is 1.42. The molecule has 0 aromatic heterocycles. The van der Waals surface area contributed by atoms with Crippen molar-refractivity contribution < 1.29 is 14.6 Å². The van der Waals surface area contributed by atoms with E-state index in [0.717, 1.165) is 17.7 Å². The lowest BCUT2D eigenvalue weighted by molar-refractivity contribution is 0.0697. The first-order valence-corrected chi connectivity index (χ1v) is 7.01. The van der Waals surface area contributed by atoms with Gasteiger partial charge in [-0.15, -0.1) is 0 Å². The molecule has 3 rings (SSSR count). The van der Waals surface area contributed by atoms with Crippen molar-refractivity contribution >= 4 is 5.97 Å². The average Bonchev–Trinajstić information content (AvgIpc) is 2.53. The number of nitrogens with one attached hydrogen (secondary N) is 1. The van der Waals surface area contributed by atoms with Crippen molar-refractivity contribution in [3.8, 4) is 5.75 Å². The number of ether oxygens (including phenoxy) is 1. The second-order valence-electron chi connectivity index (χ2n) is 5.11. The lowest BCUT2D eigenvalue weighted by Gasteiger charge is -2.26. The Balaban J connectivity index is 1.67. The van der Waals surface area contributed by atoms with Gasteiger partial charge in [0.1, 0.15) is 5.75 Å². The summed E-state index contributed by atoms with van der Waals surface area (Å²) in [6.07, 6.45) is 0.935. The minimum absolute atomic E-state index is 0.272. The van der Waals surface area contributed by atoms with E-state index < -0.39 is 5.97 Å². The molecule has 1 unspecified atom stereocenters. The molecule has 4 nitrogen and oxygen atoms in total. The molecule has 0 saturated carbocycles. The summed E-state index contributed by atoms with van der Waals surface area (Å²) < 4.78 is 5.64. The summed E-state index contributed by atoms with van der Waals surface area (Å²) in [6, 6.07) is 15.3. The maximum absolute atomic E-state index is 10.8. The molecule has 0 radical (unpaired) electrons. The van der Waals surface area contributed by atoms with Crippen LogP contribution in [0.5, 0.6) is 5.75 Å². The lowest BCUT2D eigenvalue weighted by Crippen LogP contribution is -2.26. The van der Waals surface area contributed by atoms with Gasteiger partial charge in [0, 0.05) is 24.6 Å². The van der Waals surface area contributed by atoms with Gasteiger partial charge in [-0.2, -0.15) is 0 Å². The lowest BCUT2D eigenvalue weighted by atomic mass is 10.0. The Kier molecular flexibility index (Phi) is 3.88. The Hall–Kier alpha value is -2.33. The highest BCUT2D eigenvalue weighted by atomic mass is 16.5. The van der Waals surface area contributed by atoms with Crippen molar-refractivity contribution in [1.82, 2.24) is 5.32 Å². The van der Waals surface area contributed by atoms with E-state index >= 15 is 0 Å². The average molecular weight is 283 g/mol. The van der Waals surface area contributed by atoms with Gasteiger partial charge in [0.05, 0.1) is 12.2 Å². The number of carboxylic acid groups (broad SMARTS) is 1. The van der Waals surface area contributed by atoms with Gasteiger partial charge in [-0.1, -0.05) is 30.3 Å². The predicted octanol–water partition coefficient (Wildman–Crippen LogP) is 3.00. The zero-order chi connectivity index (χ0) is 14.7. The van der Waals surface area contributed by atoms with Crippen LogP contribution in [-0.2, 0) is 6.54 Å². The summed E-state index contributed by atoms with van der Waals surface area (Å²) in [4.78, 5) is 10.8. The van der Waals surface area contributed by atoms with Gasteiger partial charge in [0.2, 0.25) is 0 Å². The van der Waals surface area contributed by atoms with Crippen molar-refractivity contribution in [1.29, 1.82) is 0 Å². The smallest absolute Gasteiger partial charge is 0.335 e. The minimum Gasteiger partial charge on any atom is -0.493 e. The number of hydrogen-bond acceptors (Lipinski definition) is 3. The van der Waals surface area contributed by atoms with Gasteiger partial charge >= 0.3 is 5.97 Å². The van der Waals surface area contributed by atoms with Crippen molar-refractivity contribution in [3.05, 3.63) is 65.2 Å². The number of para-hydroxylation sites is 1. The molecular formula is C17H17NO3. The molecule has 0 saturated heterocycles. The molecule has 0 aliphatic carbocycles. The Morgan fingerprint density at radius 1 is 1.19 bits per heavy atom. The third-order valence-corrected chi connectivity index (χ3v) is 3.71. The number of aromatic carboxylic acids is 1. The minimum atomic E-state index is -0.895. The van der Waals surface area contributed by atoms with E-state index in [1.54, 1.807) is 12.1 Å². The number of fused-ring (bicyclic) bond motifs is 1. The zero-order valence-electron chi connectivity index (χ0n) is 11.6. The molecule has 4 heteroatoms. The molecule has 2 aromatic carbocycles. The van der Waals surface area contributed by atoms with E-state index in [1.807, 2.05) is 30.3 Å². The predicted molar refractivity (Wildman–Crippen MR) is 79.5 cm³/mol. The number of rotatable bonds is 4. The fraction of sp³-hybridized carbons (Fsp3) is 0.235. The van der Waals surface area contributed by atoms with Crippen molar-refractivity contribution in [3.63, 3.8) is 0 Å². The second kappa shape index (κ2) is 5.97. The van der Waals surface area contributed by atoms with Crippen LogP contribution in [0, 0.1) is 0 Å². The number of carbonyl (C=O) groups is 1. The Labute approximate surface area is 123 Å². The van der Waals surface area contributed by atoms with Crippen LogP contribution in [0.15, 0.2) is 48.5 Å². The SMILES string of the molecule is O=C(O)c1ccc(CNC2CCOc3ccccc32)cc1. The Morgan fingerprint density at radius 2 is 1.95 bits per heavy atom. The van der Waals surface area contributed by atoms with Gasteiger partial charge in [0.25, 0.3) is 0 Å². The monoisotopic (exact) mass is 283 g/mol. The Morgan fingerprint density at radius 3 is 2.71 bits per heavy atom. The van der Waals surface area contributed by atoms with Gasteiger partial charge in [-0.25, -0.2) is 4.79 Å². The van der Waals surface area contributed by atoms with Crippen molar-refractivity contribution in [2.24, 2.45) is 0 Å². The van der Waals surface area contributed by atoms with Gasteiger partial charge in [-0.05, 0) is 23.8 Å². The normalized spacial score (nSPS) is 16.9. The molecule has 2 aromatic rings. The third-order valence-electron chi connectivity index (χ3n) is 3.71. The molecule has 0 fully saturated rings. The van der Waals surface area contributed by atoms with Crippen LogP contribution < -0.4 is 10.1 Å². The van der Waals surface area contributed by atoms with Crippen LogP contribution >= 0.6 is 0 Å². The quantitative estimate of drug-likeness (QED) is 0.905. The molecule has 1 aliphatic heterocycles. The molecular weight excluding hydrogens is 266 g/mol. The summed E-state index contributed by atoms with van der Waals surface area (Å²) >= 11 is 0. The Bertz CT molecular complexity index is 637. The summed E-state index contributed by atoms with van der Waals surface area (Å²) in [5, 5.41) is 12.4. The third kappa shape index (κ3) is 3.06. The highest BCUT2D eigenvalue weighted by Crippen LogP contribution is 2.31. The second-order valence-corrected chi connectivity index (χ2v) is 5.11. The summed E-state index contributed by atoms with van der Waals surface area (Å²) in [7, 11) is 0. The molecule has 108 valence electrons. The van der Waals surface area contributed by atoms with Crippen molar-refractivity contribution in [2.75, 3.05) is 6.61 Å². The van der Waals surface area contributed by atoms with Crippen molar-refractivity contribution in [2.45, 2.75) is 19.0 Å². The molecule has 0 bridgehead atoms. The highest BCUT2D eigenvalue weighted by Gasteiger charge is 2.20. The van der Waals surface area contributed by atoms with Gasteiger partial charge < -0.3 is 15.2 Å². The maximum atomic E-state index is 10.8. The first kappa shape index (κ1) is 13.6. The topological polar surface area (TPSA) is 58.6 Å². The van der Waals surface area contributed by atoms with E-state index in [9.17, 15) is 4.79 Å². The molecule has 21 heavy (non-hydrogen) atoms. The highest BCUT2D eigenvalue weighted by molar-refractivity contribution is 5.87. The zero-order valence-corrected chi connectivity index (χ0v) is 11.6. The summed E-state index contributed by atoms with van der Waals surface area (Å²) in [5.41, 5.74) is 2.57. The number of carboxylic acids is 1. The molecule has 1 atom stereocenters. The van der Waals surface area contributed by atoms with E-state index in [4.69, 9.17) is 9.84 Å². The van der Waals surface area contributed by atoms with Crippen LogP contribution in [0.25, 0.3) is 0 Å². The first-order chi connectivity index (χ1) is 10.2. The van der Waals surface area contributed by atoms with E-state index in [2.05, 4.69) is 11.4 Å². The van der Waals surface area contributed by atoms with Crippen LogP contribution in [0.3, 0.4) is 0 Å². The van der Waals surface area contributed by atoms with Crippen LogP contribution in [0.4, 0.5) is 0 Å². The molecule has 2 N–H and O–H groups in total. The number of hydrogen-bond donors (Lipinski definition) is 2. The largest absolute Gasteiger partial charge is 0.493 e. The number of benzene rings is 2. The first-order valence-electron chi connectivity index (χ1n) is 7.01. The molecule has 1 aliphatic rings. The van der Waals surface area contributed by atoms with E-state index in [-0.39, 0.29) is 6.04 Å². The standard InChI is InChI=1S/C17H17NO3/c19-17(20)13-7-5-12(6-8-13)11-18-15-9-10-21-16-4-2-1-3-14(15)16/h1-8,15,18H,9-11H2,(H,19,20). The van der Waals surface area contributed by atoms with Crippen LogP contribution in [0.1, 0.15) is 33.9 Å².